The molecule has 3 nitrogen and oxygen atoms in total. The predicted molar refractivity (Wildman–Crippen MR) is 297 cm³/mol. The second kappa shape index (κ2) is 17.9. The number of thiophene rings is 1. The Morgan fingerprint density at radius 1 is 0.700 bits per heavy atom. The second-order valence-corrected chi connectivity index (χ2v) is 27.2. The summed E-state index contributed by atoms with van der Waals surface area (Å²) in [7, 11) is 0.671. The van der Waals surface area contributed by atoms with Crippen LogP contribution in [0.15, 0.2) is 177 Å². The number of pyridine rings is 1. The Balaban J connectivity index is 1.17. The van der Waals surface area contributed by atoms with Crippen molar-refractivity contribution in [2.45, 2.75) is 84.0 Å². The molecule has 11 rings (SSSR count). The van der Waals surface area contributed by atoms with Crippen LogP contribution in [0.3, 0.4) is 0 Å². The molecule has 1 aliphatic rings. The van der Waals surface area contributed by atoms with E-state index in [2.05, 4.69) is 220 Å². The maximum atomic E-state index is 14.2. The van der Waals surface area contributed by atoms with E-state index in [1.165, 1.54) is 98.1 Å². The third-order valence-electron chi connectivity index (χ3n) is 15.1. The van der Waals surface area contributed by atoms with Crippen LogP contribution in [0.1, 0.15) is 80.2 Å². The molecule has 6 heteroatoms. The van der Waals surface area contributed by atoms with Crippen molar-refractivity contribution in [1.82, 2.24) is 4.57 Å². The van der Waals surface area contributed by atoms with Crippen molar-refractivity contribution in [1.29, 1.82) is 0 Å². The average Bonchev–Trinajstić information content (AvgIpc) is 3.88. The molecule has 1 aliphatic heterocycles. The topological polar surface area (TPSA) is 12.7 Å². The summed E-state index contributed by atoms with van der Waals surface area (Å²) in [5.41, 5.74) is 17.5. The molecule has 348 valence electrons. The lowest BCUT2D eigenvalue weighted by atomic mass is 9.79. The van der Waals surface area contributed by atoms with Gasteiger partial charge in [0.15, 0.2) is 23.3 Å². The van der Waals surface area contributed by atoms with Gasteiger partial charge in [0.05, 0.1) is 31.3 Å². The normalized spacial score (nSPS) is 14.8. The monoisotopic (exact) mass is 951 g/mol. The van der Waals surface area contributed by atoms with Crippen LogP contribution >= 0.6 is 11.3 Å². The van der Waals surface area contributed by atoms with E-state index >= 15 is 0 Å². The van der Waals surface area contributed by atoms with Gasteiger partial charge >= 0.3 is 0 Å². The molecule has 70 heavy (non-hydrogen) atoms. The van der Waals surface area contributed by atoms with Crippen LogP contribution in [0.4, 0.5) is 4.39 Å². The van der Waals surface area contributed by atoms with E-state index in [1.54, 1.807) is 12.1 Å². The minimum Gasteiger partial charge on any atom is -0.225 e. The van der Waals surface area contributed by atoms with Gasteiger partial charge in [-0.05, 0) is 113 Å². The fraction of sp³-hybridized carbons (Fsp3) is 0.219. The third-order valence-corrected chi connectivity index (χ3v) is 18.3. The van der Waals surface area contributed by atoms with Crippen molar-refractivity contribution in [3.05, 3.63) is 205 Å². The summed E-state index contributed by atoms with van der Waals surface area (Å²) in [5.74, 6) is 1.69. The van der Waals surface area contributed by atoms with Crippen LogP contribution < -0.4 is 14.3 Å². The second-order valence-electron chi connectivity index (χ2n) is 21.1. The molecular weight excluding hydrogens is 890 g/mol. The summed E-state index contributed by atoms with van der Waals surface area (Å²) in [6.07, 6.45) is 6.46. The molecule has 7 aromatic carbocycles. The van der Waals surface area contributed by atoms with Crippen LogP contribution in [0.25, 0.3) is 81.8 Å². The number of hydrogen-bond acceptors (Lipinski definition) is 1. The van der Waals surface area contributed by atoms with Gasteiger partial charge in [-0.1, -0.05) is 157 Å². The summed E-state index contributed by atoms with van der Waals surface area (Å²) < 4.78 is 24.3. The Bertz CT molecular complexity index is 3620. The highest BCUT2D eigenvalue weighted by Gasteiger charge is 2.40. The minimum absolute atomic E-state index is 0.107. The molecule has 3 aromatic heterocycles. The molecule has 0 saturated heterocycles. The van der Waals surface area contributed by atoms with Crippen molar-refractivity contribution < 1.29 is 13.5 Å². The fourth-order valence-corrected chi connectivity index (χ4v) is 13.8. The number of hydrogen-bond donors (Lipinski definition) is 0. The van der Waals surface area contributed by atoms with E-state index in [0.29, 0.717) is 0 Å². The molecule has 0 fully saturated rings. The SMILES string of the molecule is C=CC1C(CCc2ccc3c(sc4cc(-c5ccc(F)cc5)ccc43)c2-c2n(-c3c(C(C)C)cc(-c4ccccc4)cc3C(C)C)c3ccccc3[n+]2C)c2ccccc2-c2ccc([Si](C)(C)C)c[n+]21. The van der Waals surface area contributed by atoms with E-state index in [4.69, 9.17) is 0 Å². The standard InChI is InChI=1S/C64H62FN3SSi/c1-10-56-51(49-20-14-15-21-50(49)57-35-31-48(39-67(56)57)70(7,8)9)32-26-44-27-34-53-52-33-28-45(43-24-29-47(65)30-25-43)38-60(52)69-63(53)61(44)64-66(6)58-22-16-17-23-59(58)68(64)62-54(40(2)3)36-46(37-55(62)41(4)5)42-18-12-11-13-19-42/h10-25,27-31,33-41,51,56H,1,26,32H2,2-9H3/q+2. The largest absolute Gasteiger partial charge is 0.296 e. The molecule has 2 atom stereocenters. The predicted octanol–water partition coefficient (Wildman–Crippen LogP) is 16.2. The number of allylic oxidation sites excluding steroid dienone is 1. The smallest absolute Gasteiger partial charge is 0.225 e. The summed E-state index contributed by atoms with van der Waals surface area (Å²) in [4.78, 5) is 0. The molecule has 0 radical (unpaired) electrons. The Morgan fingerprint density at radius 2 is 1.36 bits per heavy atom. The minimum atomic E-state index is -1.60. The highest BCUT2D eigenvalue weighted by atomic mass is 32.1. The maximum absolute atomic E-state index is 14.2. The number of halogens is 1. The number of para-hydroxylation sites is 2. The molecule has 0 spiro atoms. The van der Waals surface area contributed by atoms with Crippen molar-refractivity contribution in [3.63, 3.8) is 0 Å². The molecule has 0 amide bonds. The Kier molecular flexibility index (Phi) is 11.7. The van der Waals surface area contributed by atoms with Gasteiger partial charge in [0.1, 0.15) is 11.5 Å². The van der Waals surface area contributed by atoms with Crippen LogP contribution in [-0.2, 0) is 13.5 Å². The van der Waals surface area contributed by atoms with Gasteiger partial charge in [-0.2, -0.15) is 9.13 Å². The Labute approximate surface area is 417 Å². The summed E-state index contributed by atoms with van der Waals surface area (Å²) in [5, 5.41) is 3.95. The Morgan fingerprint density at radius 3 is 2.07 bits per heavy atom. The highest BCUT2D eigenvalue weighted by Crippen LogP contribution is 2.48. The van der Waals surface area contributed by atoms with Gasteiger partial charge in [0.25, 0.3) is 5.82 Å². The van der Waals surface area contributed by atoms with Crippen molar-refractivity contribution in [2.24, 2.45) is 7.05 Å². The zero-order chi connectivity index (χ0) is 48.6. The first-order valence-electron chi connectivity index (χ1n) is 25.1. The first-order valence-corrected chi connectivity index (χ1v) is 29.4. The molecule has 0 bridgehead atoms. The summed E-state index contributed by atoms with van der Waals surface area (Å²) in [6, 6.07) is 57.2. The Hall–Kier alpha value is -6.73. The van der Waals surface area contributed by atoms with E-state index in [1.807, 2.05) is 23.5 Å². The lowest BCUT2D eigenvalue weighted by Gasteiger charge is -2.30. The third kappa shape index (κ3) is 7.77. The molecule has 2 unspecified atom stereocenters. The first kappa shape index (κ1) is 45.7. The van der Waals surface area contributed by atoms with E-state index in [9.17, 15) is 4.39 Å². The molecule has 0 saturated carbocycles. The molecule has 0 aliphatic carbocycles. The van der Waals surface area contributed by atoms with E-state index in [-0.39, 0.29) is 29.6 Å². The van der Waals surface area contributed by atoms with Crippen LogP contribution in [0.2, 0.25) is 19.6 Å². The van der Waals surface area contributed by atoms with Crippen LogP contribution in [-0.4, -0.2) is 12.6 Å². The van der Waals surface area contributed by atoms with Gasteiger partial charge in [-0.25, -0.2) is 8.96 Å². The number of fused-ring (bicyclic) bond motifs is 7. The zero-order valence-corrected chi connectivity index (χ0v) is 43.5. The van der Waals surface area contributed by atoms with Crippen molar-refractivity contribution in [3.8, 4) is 50.6 Å². The van der Waals surface area contributed by atoms with Crippen molar-refractivity contribution in [2.75, 3.05) is 0 Å². The number of imidazole rings is 1. The average molecular weight is 952 g/mol. The quantitative estimate of drug-likeness (QED) is 0.0696. The number of nitrogens with zero attached hydrogens (tertiary/aromatic N) is 3. The number of aromatic nitrogens is 3. The van der Waals surface area contributed by atoms with Crippen molar-refractivity contribution >= 4 is 55.8 Å². The number of aryl methyl sites for hydroxylation is 2. The van der Waals surface area contributed by atoms with Gasteiger partial charge in [-0.15, -0.1) is 11.3 Å². The van der Waals surface area contributed by atoms with E-state index in [0.717, 1.165) is 24.0 Å². The van der Waals surface area contributed by atoms with Gasteiger partial charge in [0, 0.05) is 43.4 Å². The molecule has 10 aromatic rings. The lowest BCUT2D eigenvalue weighted by molar-refractivity contribution is -0.706. The summed E-state index contributed by atoms with van der Waals surface area (Å²) in [6.45, 7) is 21.2. The molecular formula is C64H62FN3SSi+2. The molecule has 0 N–H and O–H groups in total. The summed E-state index contributed by atoms with van der Waals surface area (Å²) >= 11 is 1.88. The fourth-order valence-electron chi connectivity index (χ4n) is 11.4. The maximum Gasteiger partial charge on any atom is 0.296 e. The number of benzene rings is 7. The molecule has 4 heterocycles. The first-order chi connectivity index (χ1) is 33.8. The van der Waals surface area contributed by atoms with E-state index < -0.39 is 8.07 Å². The van der Waals surface area contributed by atoms with Crippen LogP contribution in [0.5, 0.6) is 0 Å². The van der Waals surface area contributed by atoms with Gasteiger partial charge in [-0.3, -0.25) is 0 Å². The zero-order valence-electron chi connectivity index (χ0n) is 41.7. The highest BCUT2D eigenvalue weighted by molar-refractivity contribution is 7.26. The van der Waals surface area contributed by atoms with Crippen LogP contribution in [0, 0.1) is 5.82 Å². The van der Waals surface area contributed by atoms with Gasteiger partial charge < -0.3 is 0 Å². The number of rotatable bonds is 11. The van der Waals surface area contributed by atoms with Gasteiger partial charge in [0.2, 0.25) is 5.69 Å². The lowest BCUT2D eigenvalue weighted by Crippen LogP contribution is -2.52.